The molecular formula is C15H13Br2NOS. The number of nitrogens with zero attached hydrogens (tertiary/aromatic N) is 1. The lowest BCUT2D eigenvalue weighted by molar-refractivity contribution is 0.0985. The molecule has 1 aliphatic rings. The van der Waals surface area contributed by atoms with Gasteiger partial charge in [-0.15, -0.1) is 11.3 Å². The lowest BCUT2D eigenvalue weighted by Gasteiger charge is -2.29. The molecule has 104 valence electrons. The Bertz CT molecular complexity index is 681. The number of rotatable bonds is 1. The van der Waals surface area contributed by atoms with Gasteiger partial charge in [-0.1, -0.05) is 17.7 Å². The number of carbonyl (C=O) groups is 1. The summed E-state index contributed by atoms with van der Waals surface area (Å²) >= 11 is 8.44. The zero-order chi connectivity index (χ0) is 14.3. The summed E-state index contributed by atoms with van der Waals surface area (Å²) in [6.07, 6.45) is 2.07. The summed E-state index contributed by atoms with van der Waals surface area (Å²) in [6, 6.07) is 8.22. The van der Waals surface area contributed by atoms with E-state index in [-0.39, 0.29) is 5.91 Å². The Kier molecular flexibility index (Phi) is 4.02. The molecule has 20 heavy (non-hydrogen) atoms. The number of fused-ring (bicyclic) bond motifs is 1. The number of benzene rings is 1. The number of hydrogen-bond acceptors (Lipinski definition) is 2. The second-order valence-corrected chi connectivity index (χ2v) is 8.68. The summed E-state index contributed by atoms with van der Waals surface area (Å²) in [4.78, 5) is 14.7. The maximum Gasteiger partial charge on any atom is 0.260 e. The minimum Gasteiger partial charge on any atom is -0.308 e. The molecule has 0 unspecified atom stereocenters. The van der Waals surface area contributed by atoms with Gasteiger partial charge in [-0.05, 0) is 69.3 Å². The Morgan fingerprint density at radius 2 is 2.10 bits per heavy atom. The van der Waals surface area contributed by atoms with Crippen LogP contribution in [0, 0.1) is 6.92 Å². The number of anilines is 1. The van der Waals surface area contributed by atoms with Crippen molar-refractivity contribution >= 4 is 54.8 Å². The molecule has 0 saturated heterocycles. The van der Waals surface area contributed by atoms with Crippen LogP contribution in [0.15, 0.2) is 31.8 Å². The van der Waals surface area contributed by atoms with E-state index in [2.05, 4.69) is 57.0 Å². The molecule has 1 amide bonds. The molecule has 0 radical (unpaired) electrons. The van der Waals surface area contributed by atoms with Gasteiger partial charge in [-0.3, -0.25) is 4.79 Å². The summed E-state index contributed by atoms with van der Waals surface area (Å²) in [6.45, 7) is 2.88. The van der Waals surface area contributed by atoms with Crippen molar-refractivity contribution in [1.82, 2.24) is 0 Å². The number of aryl methyl sites for hydroxylation is 2. The maximum absolute atomic E-state index is 12.8. The summed E-state index contributed by atoms with van der Waals surface area (Å²) in [5, 5.41) is 0. The van der Waals surface area contributed by atoms with Gasteiger partial charge in [0, 0.05) is 12.2 Å². The summed E-state index contributed by atoms with van der Waals surface area (Å²) in [5.41, 5.74) is 4.31. The van der Waals surface area contributed by atoms with E-state index in [1.807, 2.05) is 11.0 Å². The smallest absolute Gasteiger partial charge is 0.260 e. The van der Waals surface area contributed by atoms with E-state index in [0.29, 0.717) is 0 Å². The van der Waals surface area contributed by atoms with Gasteiger partial charge >= 0.3 is 0 Å². The van der Waals surface area contributed by atoms with Gasteiger partial charge in [0.15, 0.2) is 0 Å². The number of halogens is 2. The molecule has 0 saturated carbocycles. The van der Waals surface area contributed by atoms with Gasteiger partial charge in [-0.2, -0.15) is 0 Å². The molecule has 0 aliphatic carbocycles. The molecule has 3 rings (SSSR count). The van der Waals surface area contributed by atoms with E-state index in [9.17, 15) is 4.79 Å². The largest absolute Gasteiger partial charge is 0.308 e. The molecule has 5 heteroatoms. The lowest BCUT2D eigenvalue weighted by Crippen LogP contribution is -2.35. The fourth-order valence-corrected chi connectivity index (χ4v) is 5.35. The van der Waals surface area contributed by atoms with E-state index in [1.165, 1.54) is 22.5 Å². The highest BCUT2D eigenvalue weighted by Gasteiger charge is 2.25. The van der Waals surface area contributed by atoms with Crippen LogP contribution in [0.3, 0.4) is 0 Å². The van der Waals surface area contributed by atoms with Crippen molar-refractivity contribution in [3.63, 3.8) is 0 Å². The number of carbonyl (C=O) groups excluding carboxylic acids is 1. The zero-order valence-corrected chi connectivity index (χ0v) is 14.9. The zero-order valence-electron chi connectivity index (χ0n) is 11.0. The predicted octanol–water partition coefficient (Wildman–Crippen LogP) is 5.17. The van der Waals surface area contributed by atoms with Crippen molar-refractivity contribution in [3.05, 3.63) is 48.5 Å². The first-order valence-corrected chi connectivity index (χ1v) is 8.83. The van der Waals surface area contributed by atoms with E-state index in [4.69, 9.17) is 0 Å². The predicted molar refractivity (Wildman–Crippen MR) is 90.9 cm³/mol. The maximum atomic E-state index is 12.8. The molecular weight excluding hydrogens is 402 g/mol. The van der Waals surface area contributed by atoms with Crippen LogP contribution < -0.4 is 4.90 Å². The lowest BCUT2D eigenvalue weighted by atomic mass is 9.99. The van der Waals surface area contributed by atoms with Crippen LogP contribution >= 0.6 is 43.2 Å². The highest BCUT2D eigenvalue weighted by molar-refractivity contribution is 9.12. The molecule has 0 bridgehead atoms. The minimum atomic E-state index is 0.0728. The Morgan fingerprint density at radius 3 is 2.80 bits per heavy atom. The minimum absolute atomic E-state index is 0.0728. The van der Waals surface area contributed by atoms with Crippen LogP contribution in [0.25, 0.3) is 0 Å². The molecule has 1 aliphatic heterocycles. The number of hydrogen-bond donors (Lipinski definition) is 0. The molecule has 1 aromatic carbocycles. The van der Waals surface area contributed by atoms with Crippen molar-refractivity contribution in [2.75, 3.05) is 11.4 Å². The van der Waals surface area contributed by atoms with E-state index in [1.54, 1.807) is 0 Å². The molecule has 2 aromatic rings. The Balaban J connectivity index is 2.00. The number of thiophene rings is 1. The van der Waals surface area contributed by atoms with Crippen molar-refractivity contribution in [3.8, 4) is 0 Å². The summed E-state index contributed by atoms with van der Waals surface area (Å²) in [5.74, 6) is 0.0728. The quantitative estimate of drug-likeness (QED) is 0.629. The van der Waals surface area contributed by atoms with Crippen molar-refractivity contribution in [1.29, 1.82) is 0 Å². The first kappa shape index (κ1) is 14.3. The second-order valence-electron chi connectivity index (χ2n) is 4.93. The van der Waals surface area contributed by atoms with Crippen LogP contribution in [0.1, 0.15) is 27.9 Å². The normalized spacial score (nSPS) is 14.2. The third kappa shape index (κ3) is 2.59. The first-order chi connectivity index (χ1) is 9.56. The van der Waals surface area contributed by atoms with Gasteiger partial charge in [0.05, 0.1) is 13.1 Å². The highest BCUT2D eigenvalue weighted by Crippen LogP contribution is 2.35. The second kappa shape index (κ2) is 5.62. The van der Waals surface area contributed by atoms with Crippen LogP contribution in [0.5, 0.6) is 0 Å². The van der Waals surface area contributed by atoms with Crippen LogP contribution in [0.2, 0.25) is 0 Å². The average molecular weight is 415 g/mol. The molecule has 0 atom stereocenters. The summed E-state index contributed by atoms with van der Waals surface area (Å²) < 4.78 is 1.85. The van der Waals surface area contributed by atoms with Crippen molar-refractivity contribution < 1.29 is 4.79 Å². The number of amides is 1. The molecule has 0 fully saturated rings. The van der Waals surface area contributed by atoms with Gasteiger partial charge in [0.1, 0.15) is 0 Å². The Labute approximate surface area is 139 Å². The monoisotopic (exact) mass is 413 g/mol. The summed E-state index contributed by atoms with van der Waals surface area (Å²) in [7, 11) is 0. The standard InChI is InChI=1S/C15H13Br2NOS/c1-9-4-5-12-10(7-9)3-2-6-18(12)15(19)11-8-13(16)20-14(11)17/h4-5,7-8H,2-3,6H2,1H3. The van der Waals surface area contributed by atoms with E-state index >= 15 is 0 Å². The Morgan fingerprint density at radius 1 is 1.30 bits per heavy atom. The van der Waals surface area contributed by atoms with E-state index in [0.717, 1.165) is 38.2 Å². The highest BCUT2D eigenvalue weighted by atomic mass is 79.9. The molecule has 2 nitrogen and oxygen atoms in total. The van der Waals surface area contributed by atoms with Gasteiger partial charge in [-0.25, -0.2) is 0 Å². The Hall–Kier alpha value is -0.650. The van der Waals surface area contributed by atoms with Gasteiger partial charge in [0.2, 0.25) is 0 Å². The average Bonchev–Trinajstić information content (AvgIpc) is 2.76. The fourth-order valence-electron chi connectivity index (χ4n) is 2.57. The van der Waals surface area contributed by atoms with Crippen molar-refractivity contribution in [2.24, 2.45) is 0 Å². The van der Waals surface area contributed by atoms with Gasteiger partial charge < -0.3 is 4.90 Å². The molecule has 2 heterocycles. The van der Waals surface area contributed by atoms with Crippen molar-refractivity contribution in [2.45, 2.75) is 19.8 Å². The SMILES string of the molecule is Cc1ccc2c(c1)CCCN2C(=O)c1cc(Br)sc1Br. The fraction of sp³-hybridized carbons (Fsp3) is 0.267. The van der Waals surface area contributed by atoms with Gasteiger partial charge in [0.25, 0.3) is 5.91 Å². The van der Waals surface area contributed by atoms with Crippen LogP contribution in [-0.4, -0.2) is 12.5 Å². The van der Waals surface area contributed by atoms with E-state index < -0.39 is 0 Å². The third-order valence-electron chi connectivity index (χ3n) is 3.49. The third-order valence-corrected chi connectivity index (χ3v) is 5.83. The molecule has 0 N–H and O–H groups in total. The molecule has 1 aromatic heterocycles. The first-order valence-electron chi connectivity index (χ1n) is 6.42. The molecule has 0 spiro atoms. The topological polar surface area (TPSA) is 20.3 Å². The van der Waals surface area contributed by atoms with Crippen LogP contribution in [-0.2, 0) is 6.42 Å². The van der Waals surface area contributed by atoms with Crippen LogP contribution in [0.4, 0.5) is 5.69 Å².